The predicted molar refractivity (Wildman–Crippen MR) is 78.3 cm³/mol. The first-order chi connectivity index (χ1) is 9.16. The number of rotatable bonds is 5. The molecule has 1 fully saturated rings. The molecule has 1 saturated heterocycles. The zero-order valence-electron chi connectivity index (χ0n) is 12.1. The van der Waals surface area contributed by atoms with Gasteiger partial charge in [0.05, 0.1) is 11.5 Å². The van der Waals surface area contributed by atoms with Crippen molar-refractivity contribution in [1.29, 1.82) is 0 Å². The van der Waals surface area contributed by atoms with Gasteiger partial charge in [0.1, 0.15) is 0 Å². The molecule has 0 aliphatic carbocycles. The van der Waals surface area contributed by atoms with E-state index in [1.165, 1.54) is 5.75 Å². The van der Waals surface area contributed by atoms with Crippen molar-refractivity contribution in [1.82, 2.24) is 15.0 Å². The van der Waals surface area contributed by atoms with Gasteiger partial charge in [-0.05, 0) is 19.9 Å². The third-order valence-electron chi connectivity index (χ3n) is 4.33. The zero-order chi connectivity index (χ0) is 13.9. The highest BCUT2D eigenvalue weighted by Crippen LogP contribution is 2.32. The first-order valence-electron chi connectivity index (χ1n) is 6.99. The fourth-order valence-corrected chi connectivity index (χ4v) is 3.68. The molecule has 0 spiro atoms. The van der Waals surface area contributed by atoms with Crippen molar-refractivity contribution in [3.63, 3.8) is 0 Å². The summed E-state index contributed by atoms with van der Waals surface area (Å²) in [6.07, 6.45) is 1.85. The molecule has 108 valence electrons. The number of nitrogens with two attached hydrogens (primary N) is 1. The van der Waals surface area contributed by atoms with Gasteiger partial charge in [-0.15, -0.1) is 0 Å². The normalized spacial score (nSPS) is 21.8. The van der Waals surface area contributed by atoms with E-state index < -0.39 is 0 Å². The lowest BCUT2D eigenvalue weighted by Crippen LogP contribution is -2.35. The third kappa shape index (κ3) is 2.80. The number of hydrogen-bond acceptors (Lipinski definition) is 6. The predicted octanol–water partition coefficient (Wildman–Crippen LogP) is 1.81. The van der Waals surface area contributed by atoms with Crippen molar-refractivity contribution < 1.29 is 4.52 Å². The van der Waals surface area contributed by atoms with Gasteiger partial charge in [0, 0.05) is 24.6 Å². The van der Waals surface area contributed by atoms with Gasteiger partial charge in [-0.2, -0.15) is 16.7 Å². The number of thioether (sulfide) groups is 1. The van der Waals surface area contributed by atoms with E-state index in [-0.39, 0.29) is 11.5 Å². The van der Waals surface area contributed by atoms with Crippen molar-refractivity contribution in [2.45, 2.75) is 38.1 Å². The van der Waals surface area contributed by atoms with E-state index in [0.29, 0.717) is 12.4 Å². The topological polar surface area (TPSA) is 68.2 Å². The molecule has 2 N–H and O–H groups in total. The van der Waals surface area contributed by atoms with Crippen LogP contribution in [-0.4, -0.2) is 46.7 Å². The van der Waals surface area contributed by atoms with Crippen molar-refractivity contribution in [2.24, 2.45) is 5.73 Å². The third-order valence-corrected chi connectivity index (χ3v) is 5.36. The van der Waals surface area contributed by atoms with Gasteiger partial charge < -0.3 is 10.3 Å². The monoisotopic (exact) mass is 284 g/mol. The highest BCUT2D eigenvalue weighted by molar-refractivity contribution is 7.99. The molecule has 1 atom stereocenters. The maximum atomic E-state index is 5.93. The van der Waals surface area contributed by atoms with Crippen molar-refractivity contribution in [3.05, 3.63) is 11.7 Å². The van der Waals surface area contributed by atoms with E-state index in [1.807, 2.05) is 11.8 Å². The van der Waals surface area contributed by atoms with Gasteiger partial charge in [-0.25, -0.2) is 0 Å². The molecule has 0 amide bonds. The van der Waals surface area contributed by atoms with Crippen LogP contribution in [0.15, 0.2) is 4.52 Å². The molecule has 19 heavy (non-hydrogen) atoms. The van der Waals surface area contributed by atoms with Crippen LogP contribution in [0.3, 0.4) is 0 Å². The van der Waals surface area contributed by atoms with E-state index in [4.69, 9.17) is 10.3 Å². The van der Waals surface area contributed by atoms with Crippen LogP contribution in [0.25, 0.3) is 0 Å². The Morgan fingerprint density at radius 2 is 2.21 bits per heavy atom. The summed E-state index contributed by atoms with van der Waals surface area (Å²) in [7, 11) is 2.12. The van der Waals surface area contributed by atoms with Crippen molar-refractivity contribution in [2.75, 3.05) is 31.6 Å². The van der Waals surface area contributed by atoms with Gasteiger partial charge >= 0.3 is 0 Å². The number of hydrogen-bond donors (Lipinski definition) is 1. The molecule has 1 aliphatic rings. The maximum absolute atomic E-state index is 5.93. The fourth-order valence-electron chi connectivity index (χ4n) is 2.47. The number of nitrogens with zero attached hydrogens (tertiary/aromatic N) is 3. The molecular formula is C13H24N4OS. The van der Waals surface area contributed by atoms with Gasteiger partial charge in [0.2, 0.25) is 5.89 Å². The van der Waals surface area contributed by atoms with Crippen molar-refractivity contribution >= 4 is 11.8 Å². The van der Waals surface area contributed by atoms with Crippen LogP contribution >= 0.6 is 11.8 Å². The highest BCUT2D eigenvalue weighted by atomic mass is 32.2. The fraction of sp³-hybridized carbons (Fsp3) is 0.846. The summed E-state index contributed by atoms with van der Waals surface area (Å²) < 4.78 is 5.53. The van der Waals surface area contributed by atoms with Crippen LogP contribution in [0.1, 0.15) is 44.4 Å². The summed E-state index contributed by atoms with van der Waals surface area (Å²) in [4.78, 5) is 6.96. The average molecular weight is 284 g/mol. The molecule has 1 unspecified atom stereocenters. The average Bonchev–Trinajstić information content (AvgIpc) is 2.92. The lowest BCUT2D eigenvalue weighted by Gasteiger charge is -2.29. The van der Waals surface area contributed by atoms with E-state index >= 15 is 0 Å². The molecule has 5 nitrogen and oxygen atoms in total. The van der Waals surface area contributed by atoms with E-state index in [2.05, 4.69) is 35.9 Å². The molecule has 0 saturated carbocycles. The molecular weight excluding hydrogens is 260 g/mol. The Morgan fingerprint density at radius 1 is 1.47 bits per heavy atom. The minimum absolute atomic E-state index is 0.161. The van der Waals surface area contributed by atoms with Crippen LogP contribution in [0.2, 0.25) is 0 Å². The maximum Gasteiger partial charge on any atom is 0.234 e. The lowest BCUT2D eigenvalue weighted by molar-refractivity contribution is 0.247. The summed E-state index contributed by atoms with van der Waals surface area (Å²) in [6.45, 7) is 5.88. The Balaban J connectivity index is 2.22. The smallest absolute Gasteiger partial charge is 0.234 e. The number of aromatic nitrogens is 2. The molecule has 1 aromatic rings. The molecule has 0 aromatic carbocycles. The summed E-state index contributed by atoms with van der Waals surface area (Å²) in [5.41, 5.74) is 5.77. The summed E-state index contributed by atoms with van der Waals surface area (Å²) >= 11 is 1.95. The second-order valence-electron chi connectivity index (χ2n) is 5.22. The molecule has 0 bridgehead atoms. The van der Waals surface area contributed by atoms with Crippen LogP contribution in [0.4, 0.5) is 0 Å². The molecule has 2 rings (SSSR count). The van der Waals surface area contributed by atoms with Gasteiger partial charge in [-0.1, -0.05) is 19.0 Å². The van der Waals surface area contributed by atoms with Gasteiger partial charge in [-0.3, -0.25) is 4.90 Å². The van der Waals surface area contributed by atoms with Gasteiger partial charge in [0.15, 0.2) is 5.82 Å². The Labute approximate surface area is 119 Å². The molecule has 0 radical (unpaired) electrons. The minimum atomic E-state index is -0.161. The molecule has 1 aromatic heterocycles. The zero-order valence-corrected chi connectivity index (χ0v) is 12.9. The summed E-state index contributed by atoms with van der Waals surface area (Å²) in [5, 5.41) is 4.20. The first-order valence-corrected chi connectivity index (χ1v) is 8.14. The van der Waals surface area contributed by atoms with Crippen molar-refractivity contribution in [3.8, 4) is 0 Å². The van der Waals surface area contributed by atoms with Crippen LogP contribution in [0.5, 0.6) is 0 Å². The van der Waals surface area contributed by atoms with E-state index in [9.17, 15) is 0 Å². The van der Waals surface area contributed by atoms with E-state index in [1.54, 1.807) is 0 Å². The molecule has 1 aliphatic heterocycles. The largest absolute Gasteiger partial charge is 0.339 e. The van der Waals surface area contributed by atoms with Crippen LogP contribution in [-0.2, 0) is 5.41 Å². The highest BCUT2D eigenvalue weighted by Gasteiger charge is 2.35. The van der Waals surface area contributed by atoms with Crippen LogP contribution < -0.4 is 5.73 Å². The second kappa shape index (κ2) is 6.24. The quantitative estimate of drug-likeness (QED) is 0.889. The standard InChI is InChI=1S/C13H24N4OS/c1-4-13(5-2,9-14)12-15-11(16-18-12)10-8-19-7-6-17(10)3/h10H,4-9,14H2,1-3H3. The summed E-state index contributed by atoms with van der Waals surface area (Å²) in [6, 6.07) is 0.264. The minimum Gasteiger partial charge on any atom is -0.339 e. The second-order valence-corrected chi connectivity index (χ2v) is 6.37. The first kappa shape index (κ1) is 14.8. The Hall–Kier alpha value is -0.590. The Kier molecular flexibility index (Phi) is 4.86. The summed E-state index contributed by atoms with van der Waals surface area (Å²) in [5.74, 6) is 3.72. The van der Waals surface area contributed by atoms with Gasteiger partial charge in [0.25, 0.3) is 0 Å². The Morgan fingerprint density at radius 3 is 2.79 bits per heavy atom. The lowest BCUT2D eigenvalue weighted by atomic mass is 9.82. The molecule has 2 heterocycles. The van der Waals surface area contributed by atoms with E-state index in [0.717, 1.165) is 31.0 Å². The van der Waals surface area contributed by atoms with Crippen LogP contribution in [0, 0.1) is 0 Å². The molecule has 6 heteroatoms. The Bertz CT molecular complexity index is 397. The SMILES string of the molecule is CCC(CC)(CN)c1nc(C2CSCCN2C)no1.